The molecule has 24 heavy (non-hydrogen) atoms. The van der Waals surface area contributed by atoms with Gasteiger partial charge in [-0.1, -0.05) is 36.4 Å². The molecule has 0 unspecified atom stereocenters. The number of benzene rings is 1. The molecule has 0 fully saturated rings. The molecule has 0 atom stereocenters. The number of aromatic nitrogens is 3. The van der Waals surface area contributed by atoms with Gasteiger partial charge in [0, 0.05) is 6.20 Å². The largest absolute Gasteiger partial charge is 0.348 e. The number of fused-ring (bicyclic) bond motifs is 1. The Bertz CT molecular complexity index is 788. The van der Waals surface area contributed by atoms with Crippen LogP contribution < -0.4 is 5.32 Å². The molecule has 0 saturated heterocycles. The first-order valence-corrected chi connectivity index (χ1v) is 9.15. The van der Waals surface area contributed by atoms with Gasteiger partial charge in [0.15, 0.2) is 11.5 Å². The van der Waals surface area contributed by atoms with Crippen molar-refractivity contribution in [2.45, 2.75) is 19.4 Å². The Morgan fingerprint density at radius 2 is 1.92 bits per heavy atom. The second-order valence-corrected chi connectivity index (χ2v) is 6.57. The zero-order valence-electron chi connectivity index (χ0n) is 13.4. The molecule has 1 amide bonds. The SMILES string of the molecule is O=C(CSCCCc1ccccc1)NCc1nnc2ccccn12. The molecule has 0 radical (unpaired) electrons. The Kier molecular flexibility index (Phi) is 5.85. The summed E-state index contributed by atoms with van der Waals surface area (Å²) in [6.07, 6.45) is 4.03. The van der Waals surface area contributed by atoms with Crippen molar-refractivity contribution in [1.29, 1.82) is 0 Å². The summed E-state index contributed by atoms with van der Waals surface area (Å²) in [6, 6.07) is 16.2. The molecule has 1 N–H and O–H groups in total. The lowest BCUT2D eigenvalue weighted by atomic mass is 10.1. The van der Waals surface area contributed by atoms with Gasteiger partial charge >= 0.3 is 0 Å². The van der Waals surface area contributed by atoms with Gasteiger partial charge in [0.2, 0.25) is 5.91 Å². The van der Waals surface area contributed by atoms with Gasteiger partial charge in [0.25, 0.3) is 0 Å². The van der Waals surface area contributed by atoms with Crippen LogP contribution in [0.1, 0.15) is 17.8 Å². The molecule has 0 bridgehead atoms. The average Bonchev–Trinajstić information content (AvgIpc) is 3.04. The number of aryl methyl sites for hydroxylation is 1. The van der Waals surface area contributed by atoms with E-state index in [0.717, 1.165) is 30.1 Å². The normalized spacial score (nSPS) is 10.8. The van der Waals surface area contributed by atoms with Gasteiger partial charge < -0.3 is 5.32 Å². The summed E-state index contributed by atoms with van der Waals surface area (Å²) in [5.74, 6) is 2.24. The van der Waals surface area contributed by atoms with E-state index in [1.807, 2.05) is 34.9 Å². The van der Waals surface area contributed by atoms with Crippen molar-refractivity contribution >= 4 is 23.3 Å². The first-order chi connectivity index (χ1) is 11.8. The molecule has 6 heteroatoms. The van der Waals surface area contributed by atoms with E-state index in [4.69, 9.17) is 0 Å². The Morgan fingerprint density at radius 3 is 2.79 bits per heavy atom. The van der Waals surface area contributed by atoms with E-state index in [-0.39, 0.29) is 5.91 Å². The molecule has 2 heterocycles. The van der Waals surface area contributed by atoms with Crippen LogP contribution in [0.5, 0.6) is 0 Å². The number of thioether (sulfide) groups is 1. The standard InChI is InChI=1S/C18H20N4OS/c23-18(14-24-12-6-9-15-7-2-1-3-8-15)19-13-17-21-20-16-10-4-5-11-22(16)17/h1-5,7-8,10-11H,6,9,12-14H2,(H,19,23). The van der Waals surface area contributed by atoms with Crippen LogP contribution in [0.4, 0.5) is 0 Å². The number of amides is 1. The maximum absolute atomic E-state index is 11.9. The van der Waals surface area contributed by atoms with E-state index in [0.29, 0.717) is 12.3 Å². The Balaban J connectivity index is 1.34. The summed E-state index contributed by atoms with van der Waals surface area (Å²) >= 11 is 1.67. The topological polar surface area (TPSA) is 59.3 Å². The minimum absolute atomic E-state index is 0.0346. The summed E-state index contributed by atoms with van der Waals surface area (Å²) in [7, 11) is 0. The lowest BCUT2D eigenvalue weighted by Gasteiger charge is -2.05. The molecule has 124 valence electrons. The van der Waals surface area contributed by atoms with E-state index < -0.39 is 0 Å². The van der Waals surface area contributed by atoms with Crippen LogP contribution in [0, 0.1) is 0 Å². The predicted octanol–water partition coefficient (Wildman–Crippen LogP) is 2.71. The third-order valence-electron chi connectivity index (χ3n) is 3.66. The number of carbonyl (C=O) groups excluding carboxylic acids is 1. The summed E-state index contributed by atoms with van der Waals surface area (Å²) in [6.45, 7) is 0.397. The first-order valence-electron chi connectivity index (χ1n) is 8.00. The number of hydrogen-bond donors (Lipinski definition) is 1. The lowest BCUT2D eigenvalue weighted by Crippen LogP contribution is -2.25. The highest BCUT2D eigenvalue weighted by Crippen LogP contribution is 2.08. The van der Waals surface area contributed by atoms with Crippen LogP contribution in [-0.2, 0) is 17.8 Å². The second-order valence-electron chi connectivity index (χ2n) is 5.46. The predicted molar refractivity (Wildman–Crippen MR) is 96.9 cm³/mol. The zero-order valence-corrected chi connectivity index (χ0v) is 14.2. The number of rotatable bonds is 8. The van der Waals surface area contributed by atoms with Crippen LogP contribution >= 0.6 is 11.8 Å². The molecule has 0 aliphatic rings. The van der Waals surface area contributed by atoms with Crippen LogP contribution in [0.15, 0.2) is 54.7 Å². The Labute approximate surface area is 145 Å². The molecular weight excluding hydrogens is 320 g/mol. The maximum atomic E-state index is 11.9. The van der Waals surface area contributed by atoms with Gasteiger partial charge in [-0.25, -0.2) is 0 Å². The van der Waals surface area contributed by atoms with E-state index in [1.54, 1.807) is 11.8 Å². The van der Waals surface area contributed by atoms with Crippen LogP contribution in [-0.4, -0.2) is 32.0 Å². The number of nitrogens with one attached hydrogen (secondary N) is 1. The van der Waals surface area contributed by atoms with Gasteiger partial charge in [0.05, 0.1) is 12.3 Å². The number of nitrogens with zero attached hydrogens (tertiary/aromatic N) is 3. The van der Waals surface area contributed by atoms with E-state index in [9.17, 15) is 4.79 Å². The quantitative estimate of drug-likeness (QED) is 0.641. The molecule has 2 aromatic heterocycles. The lowest BCUT2D eigenvalue weighted by molar-refractivity contribution is -0.118. The molecule has 0 saturated carbocycles. The highest BCUT2D eigenvalue weighted by Gasteiger charge is 2.07. The molecule has 0 aliphatic heterocycles. The first kappa shape index (κ1) is 16.5. The minimum atomic E-state index is 0.0346. The van der Waals surface area contributed by atoms with E-state index in [1.165, 1.54) is 5.56 Å². The highest BCUT2D eigenvalue weighted by atomic mass is 32.2. The van der Waals surface area contributed by atoms with E-state index in [2.05, 4.69) is 39.8 Å². The third kappa shape index (κ3) is 4.58. The fraction of sp³-hybridized carbons (Fsp3) is 0.278. The fourth-order valence-electron chi connectivity index (χ4n) is 2.43. The van der Waals surface area contributed by atoms with Gasteiger partial charge in [-0.05, 0) is 36.3 Å². The summed E-state index contributed by atoms with van der Waals surface area (Å²) in [5.41, 5.74) is 2.14. The molecule has 5 nitrogen and oxygen atoms in total. The fourth-order valence-corrected chi connectivity index (χ4v) is 3.21. The molecule has 0 aliphatic carbocycles. The van der Waals surface area contributed by atoms with Crippen molar-refractivity contribution in [2.75, 3.05) is 11.5 Å². The summed E-state index contributed by atoms with van der Waals surface area (Å²) in [4.78, 5) is 11.9. The van der Waals surface area contributed by atoms with Crippen molar-refractivity contribution in [1.82, 2.24) is 19.9 Å². The van der Waals surface area contributed by atoms with Crippen LogP contribution in [0.3, 0.4) is 0 Å². The second kappa shape index (κ2) is 8.49. The number of hydrogen-bond acceptors (Lipinski definition) is 4. The van der Waals surface area contributed by atoms with Crippen molar-refractivity contribution in [3.8, 4) is 0 Å². The summed E-state index contributed by atoms with van der Waals surface area (Å²) in [5, 5.41) is 11.1. The summed E-state index contributed by atoms with van der Waals surface area (Å²) < 4.78 is 1.88. The molecule has 3 rings (SSSR count). The average molecular weight is 340 g/mol. The molecule has 0 spiro atoms. The van der Waals surface area contributed by atoms with Gasteiger partial charge in [-0.2, -0.15) is 11.8 Å². The van der Waals surface area contributed by atoms with Crippen molar-refractivity contribution < 1.29 is 4.79 Å². The van der Waals surface area contributed by atoms with Gasteiger partial charge in [-0.15, -0.1) is 10.2 Å². The van der Waals surface area contributed by atoms with Crippen molar-refractivity contribution in [2.24, 2.45) is 0 Å². The van der Waals surface area contributed by atoms with Crippen LogP contribution in [0.25, 0.3) is 5.65 Å². The Hall–Kier alpha value is -2.34. The van der Waals surface area contributed by atoms with E-state index >= 15 is 0 Å². The van der Waals surface area contributed by atoms with Crippen LogP contribution in [0.2, 0.25) is 0 Å². The third-order valence-corrected chi connectivity index (χ3v) is 4.70. The Morgan fingerprint density at radius 1 is 1.08 bits per heavy atom. The van der Waals surface area contributed by atoms with Gasteiger partial charge in [-0.3, -0.25) is 9.20 Å². The maximum Gasteiger partial charge on any atom is 0.230 e. The van der Waals surface area contributed by atoms with Crippen molar-refractivity contribution in [3.63, 3.8) is 0 Å². The smallest absolute Gasteiger partial charge is 0.230 e. The van der Waals surface area contributed by atoms with Crippen molar-refractivity contribution in [3.05, 3.63) is 66.1 Å². The monoisotopic (exact) mass is 340 g/mol. The molecule has 3 aromatic rings. The highest BCUT2D eigenvalue weighted by molar-refractivity contribution is 7.99. The molecule has 1 aromatic carbocycles. The minimum Gasteiger partial charge on any atom is -0.348 e. The zero-order chi connectivity index (χ0) is 16.6. The van der Waals surface area contributed by atoms with Gasteiger partial charge in [0.1, 0.15) is 0 Å². The number of pyridine rings is 1. The molecular formula is C18H20N4OS. The number of carbonyl (C=O) groups is 1.